The molecule has 2 unspecified atom stereocenters. The van der Waals surface area contributed by atoms with Gasteiger partial charge in [-0.05, 0) is 41.9 Å². The van der Waals surface area contributed by atoms with Crippen molar-refractivity contribution in [3.05, 3.63) is 28.1 Å². The molecular formula is C19H22ClF3N2O. The van der Waals surface area contributed by atoms with Gasteiger partial charge < -0.3 is 0 Å². The molecule has 0 saturated heterocycles. The van der Waals surface area contributed by atoms with Crippen LogP contribution in [0.3, 0.4) is 0 Å². The first-order valence-electron chi connectivity index (χ1n) is 8.86. The second kappa shape index (κ2) is 4.94. The molecule has 0 radical (unpaired) electrons. The van der Waals surface area contributed by atoms with E-state index in [9.17, 15) is 18.0 Å². The van der Waals surface area contributed by atoms with Crippen molar-refractivity contribution in [3.63, 3.8) is 0 Å². The molecule has 1 aromatic rings. The van der Waals surface area contributed by atoms with Gasteiger partial charge in [-0.1, -0.05) is 45.4 Å². The van der Waals surface area contributed by atoms with Gasteiger partial charge in [-0.2, -0.15) is 18.3 Å². The Morgan fingerprint density at radius 1 is 1.27 bits per heavy atom. The van der Waals surface area contributed by atoms with Crippen LogP contribution in [0.2, 0.25) is 0 Å². The van der Waals surface area contributed by atoms with Gasteiger partial charge in [-0.3, -0.25) is 4.79 Å². The average Bonchev–Trinajstić information content (AvgIpc) is 3.05. The minimum atomic E-state index is -4.58. The third-order valence-electron chi connectivity index (χ3n) is 6.96. The van der Waals surface area contributed by atoms with Gasteiger partial charge in [0.05, 0.1) is 17.3 Å². The van der Waals surface area contributed by atoms with E-state index >= 15 is 0 Å². The third-order valence-corrected chi connectivity index (χ3v) is 7.30. The molecule has 3 aliphatic carbocycles. The first-order valence-corrected chi connectivity index (χ1v) is 9.24. The summed E-state index contributed by atoms with van der Waals surface area (Å²) in [4.78, 5) is 13.1. The van der Waals surface area contributed by atoms with Crippen LogP contribution in [0.25, 0.3) is 0 Å². The molecule has 0 aromatic carbocycles. The molecule has 0 aliphatic heterocycles. The fourth-order valence-corrected chi connectivity index (χ4v) is 5.26. The first-order chi connectivity index (χ1) is 11.8. The summed E-state index contributed by atoms with van der Waals surface area (Å²) in [5.74, 6) is -0.299. The number of nitrogens with zero attached hydrogens (tertiary/aromatic N) is 2. The molecule has 3 nitrogen and oxygen atoms in total. The van der Waals surface area contributed by atoms with Crippen LogP contribution in [0.15, 0.2) is 11.1 Å². The van der Waals surface area contributed by atoms with Crippen molar-refractivity contribution in [2.45, 2.75) is 53.1 Å². The van der Waals surface area contributed by atoms with Crippen LogP contribution < -0.4 is 0 Å². The van der Waals surface area contributed by atoms with Gasteiger partial charge in [0.2, 0.25) is 0 Å². The molecule has 4 rings (SSSR count). The van der Waals surface area contributed by atoms with Crippen LogP contribution >= 0.6 is 11.6 Å². The van der Waals surface area contributed by atoms with Crippen LogP contribution in [0.1, 0.15) is 55.4 Å². The summed E-state index contributed by atoms with van der Waals surface area (Å²) < 4.78 is 39.7. The van der Waals surface area contributed by atoms with Crippen molar-refractivity contribution in [1.29, 1.82) is 0 Å². The lowest BCUT2D eigenvalue weighted by molar-refractivity contribution is -0.0848. The third kappa shape index (κ3) is 2.26. The lowest BCUT2D eigenvalue weighted by Gasteiger charge is -2.10. The van der Waals surface area contributed by atoms with Crippen LogP contribution in [-0.4, -0.2) is 21.9 Å². The Morgan fingerprint density at radius 3 is 2.46 bits per heavy atom. The fraction of sp³-hybridized carbons (Fsp3) is 0.684. The van der Waals surface area contributed by atoms with Crippen molar-refractivity contribution in [1.82, 2.24) is 9.78 Å². The van der Waals surface area contributed by atoms with Gasteiger partial charge in [-0.15, -0.1) is 0 Å². The maximum Gasteiger partial charge on any atom is 0.426 e. The van der Waals surface area contributed by atoms with E-state index in [2.05, 4.69) is 18.9 Å². The Morgan fingerprint density at radius 2 is 1.88 bits per heavy atom. The molecule has 1 aromatic heterocycles. The number of hydrogen-bond donors (Lipinski definition) is 0. The number of rotatable bonds is 2. The number of hydrogen-bond acceptors (Lipinski definition) is 2. The molecule has 0 bridgehead atoms. The topological polar surface area (TPSA) is 34.9 Å². The molecule has 4 atom stereocenters. The van der Waals surface area contributed by atoms with Crippen LogP contribution in [0.4, 0.5) is 13.2 Å². The number of fused-ring (bicyclic) bond motifs is 3. The molecular weight excluding hydrogens is 365 g/mol. The lowest BCUT2D eigenvalue weighted by atomic mass is 9.98. The van der Waals surface area contributed by atoms with Crippen LogP contribution in [0, 0.1) is 35.5 Å². The highest BCUT2D eigenvalue weighted by molar-refractivity contribution is 6.30. The number of alkyl halides is 3. The highest BCUT2D eigenvalue weighted by atomic mass is 35.5. The van der Waals surface area contributed by atoms with Crippen molar-refractivity contribution in [2.75, 3.05) is 0 Å². The molecule has 2 saturated carbocycles. The quantitative estimate of drug-likeness (QED) is 0.710. The van der Waals surface area contributed by atoms with E-state index in [0.717, 1.165) is 23.9 Å². The number of halogens is 4. The van der Waals surface area contributed by atoms with E-state index in [1.54, 1.807) is 13.8 Å². The summed E-state index contributed by atoms with van der Waals surface area (Å²) in [5, 5.41) is 3.30. The van der Waals surface area contributed by atoms with E-state index in [1.807, 2.05) is 6.92 Å². The van der Waals surface area contributed by atoms with E-state index in [-0.39, 0.29) is 11.3 Å². The summed E-state index contributed by atoms with van der Waals surface area (Å²) in [6, 6.07) is 0. The highest BCUT2D eigenvalue weighted by Crippen LogP contribution is 2.70. The maximum absolute atomic E-state index is 13.1. The smallest absolute Gasteiger partial charge is 0.272 e. The summed E-state index contributed by atoms with van der Waals surface area (Å²) in [5.41, 5.74) is 2.68. The van der Waals surface area contributed by atoms with Gasteiger partial charge in [0, 0.05) is 5.56 Å². The van der Waals surface area contributed by atoms with Gasteiger partial charge in [0.15, 0.2) is 0 Å². The summed E-state index contributed by atoms with van der Waals surface area (Å²) in [7, 11) is 0. The van der Waals surface area contributed by atoms with Crippen molar-refractivity contribution in [3.8, 4) is 0 Å². The fourth-order valence-electron chi connectivity index (χ4n) is 5.12. The Labute approximate surface area is 155 Å². The van der Waals surface area contributed by atoms with E-state index in [1.165, 1.54) is 10.2 Å². The SMILES string of the molecule is Cc1nn(C(=O)C2C(/C=C(\Cl)C(F)(F)F)C2(C)C)c2c1[C@H]1[C@@H](C2)C1(C)C. The zero-order valence-electron chi connectivity index (χ0n) is 15.4. The number of carbonyl (C=O) groups excluding carboxylic acids is 1. The highest BCUT2D eigenvalue weighted by Gasteiger charge is 2.66. The predicted octanol–water partition coefficient (Wildman–Crippen LogP) is 5.08. The predicted molar refractivity (Wildman–Crippen MR) is 92.1 cm³/mol. The van der Waals surface area contributed by atoms with E-state index < -0.39 is 28.5 Å². The second-order valence-electron chi connectivity index (χ2n) is 9.14. The number of allylic oxidation sites excluding steroid dienone is 2. The standard InChI is InChI=1S/C19H22ClF3N2O/c1-8-13-11(6-9-14(13)17(9,2)3)25(24-8)16(26)15-10(18(15,4)5)7-12(20)19(21,22)23/h7,9-10,14-15H,6H2,1-5H3/b12-7-/t9-,10?,14-,15?/m1/s1. The number of aryl methyl sites for hydroxylation is 1. The Bertz CT molecular complexity index is 850. The summed E-state index contributed by atoms with van der Waals surface area (Å²) in [6.45, 7) is 9.97. The number of aromatic nitrogens is 2. The molecule has 142 valence electrons. The van der Waals surface area contributed by atoms with Crippen molar-refractivity contribution < 1.29 is 18.0 Å². The molecule has 0 amide bonds. The van der Waals surface area contributed by atoms with Gasteiger partial charge in [0.25, 0.3) is 5.91 Å². The molecule has 3 aliphatic rings. The van der Waals surface area contributed by atoms with Crippen molar-refractivity contribution in [2.24, 2.45) is 28.6 Å². The largest absolute Gasteiger partial charge is 0.426 e. The van der Waals surface area contributed by atoms with Crippen molar-refractivity contribution >= 4 is 17.5 Å². The molecule has 1 heterocycles. The van der Waals surface area contributed by atoms with Gasteiger partial charge in [-0.25, -0.2) is 4.68 Å². The van der Waals surface area contributed by atoms with E-state index in [0.29, 0.717) is 11.8 Å². The minimum Gasteiger partial charge on any atom is -0.272 e. The zero-order chi connectivity index (χ0) is 19.4. The second-order valence-corrected chi connectivity index (χ2v) is 9.55. The summed E-state index contributed by atoms with van der Waals surface area (Å²) >= 11 is 5.39. The molecule has 0 spiro atoms. The maximum atomic E-state index is 13.1. The molecule has 0 N–H and O–H groups in total. The van der Waals surface area contributed by atoms with Crippen LogP contribution in [-0.2, 0) is 6.42 Å². The average molecular weight is 387 g/mol. The Balaban J connectivity index is 1.63. The van der Waals surface area contributed by atoms with Gasteiger partial charge >= 0.3 is 6.18 Å². The minimum absolute atomic E-state index is 0.216. The summed E-state index contributed by atoms with van der Waals surface area (Å²) in [6.07, 6.45) is -2.78. The van der Waals surface area contributed by atoms with E-state index in [4.69, 9.17) is 11.6 Å². The van der Waals surface area contributed by atoms with Crippen LogP contribution in [0.5, 0.6) is 0 Å². The monoisotopic (exact) mass is 386 g/mol. The normalized spacial score (nSPS) is 33.7. The Kier molecular flexibility index (Phi) is 3.44. The first kappa shape index (κ1) is 18.1. The molecule has 2 fully saturated rings. The Hall–Kier alpha value is -1.30. The molecule has 26 heavy (non-hydrogen) atoms. The zero-order valence-corrected chi connectivity index (χ0v) is 16.2. The number of carbonyl (C=O) groups is 1. The lowest BCUT2D eigenvalue weighted by Crippen LogP contribution is -2.20. The van der Waals surface area contributed by atoms with Gasteiger partial charge in [0.1, 0.15) is 5.03 Å². The molecule has 7 heteroatoms.